The number of halogens is 1. The fourth-order valence-electron chi connectivity index (χ4n) is 1.83. The van der Waals surface area contributed by atoms with E-state index in [2.05, 4.69) is 10.1 Å². The maximum atomic E-state index is 13.8. The van der Waals surface area contributed by atoms with Crippen molar-refractivity contribution < 1.29 is 4.39 Å². The lowest BCUT2D eigenvalue weighted by atomic mass is 10.2. The van der Waals surface area contributed by atoms with Crippen LogP contribution < -0.4 is 5.73 Å². The maximum absolute atomic E-state index is 13.8. The summed E-state index contributed by atoms with van der Waals surface area (Å²) in [4.78, 5) is 4.23. The molecule has 4 nitrogen and oxygen atoms in total. The Morgan fingerprint density at radius 3 is 2.79 bits per heavy atom. The van der Waals surface area contributed by atoms with Gasteiger partial charge in [-0.25, -0.2) is 9.07 Å². The maximum Gasteiger partial charge on any atom is 0.150 e. The second-order valence-electron chi connectivity index (χ2n) is 4.10. The summed E-state index contributed by atoms with van der Waals surface area (Å²) in [6.07, 6.45) is 5.09. The number of rotatable bonds is 2. The summed E-state index contributed by atoms with van der Waals surface area (Å²) in [5.41, 5.74) is 7.89. The van der Waals surface area contributed by atoms with Gasteiger partial charge in [0.2, 0.25) is 0 Å². The van der Waals surface area contributed by atoms with E-state index in [0.29, 0.717) is 11.4 Å². The average Bonchev–Trinajstić information content (AvgIpc) is 2.89. The third kappa shape index (κ3) is 2.18. The van der Waals surface area contributed by atoms with E-state index in [1.165, 1.54) is 10.7 Å². The Morgan fingerprint density at radius 1 is 1.16 bits per heavy atom. The molecule has 2 aromatic heterocycles. The summed E-state index contributed by atoms with van der Waals surface area (Å²) in [5.74, 6) is -0.407. The van der Waals surface area contributed by atoms with Crippen molar-refractivity contribution >= 4 is 5.69 Å². The Hall–Kier alpha value is -2.69. The normalized spacial score (nSPS) is 10.6. The fraction of sp³-hybridized carbons (Fsp3) is 0. The molecule has 0 aliphatic heterocycles. The zero-order valence-corrected chi connectivity index (χ0v) is 9.99. The van der Waals surface area contributed by atoms with Gasteiger partial charge in [0.05, 0.1) is 11.9 Å². The zero-order chi connectivity index (χ0) is 13.2. The van der Waals surface area contributed by atoms with Crippen molar-refractivity contribution in [3.63, 3.8) is 0 Å². The molecule has 0 amide bonds. The standard InChI is InChI=1S/C14H11FN4/c15-12-7-11(16)4-5-14(12)19-9-10(8-18-19)13-3-1-2-6-17-13/h1-9H,16H2. The predicted molar refractivity (Wildman–Crippen MR) is 71.2 cm³/mol. The van der Waals surface area contributed by atoms with Crippen LogP contribution in [0.3, 0.4) is 0 Å². The molecule has 0 aliphatic rings. The Morgan fingerprint density at radius 2 is 2.05 bits per heavy atom. The highest BCUT2D eigenvalue weighted by Gasteiger charge is 2.08. The highest BCUT2D eigenvalue weighted by molar-refractivity contribution is 5.57. The first kappa shape index (κ1) is 11.4. The van der Waals surface area contributed by atoms with Crippen LogP contribution in [0.4, 0.5) is 10.1 Å². The summed E-state index contributed by atoms with van der Waals surface area (Å²) in [6, 6.07) is 10.1. The average molecular weight is 254 g/mol. The number of hydrogen-bond acceptors (Lipinski definition) is 3. The quantitative estimate of drug-likeness (QED) is 0.715. The van der Waals surface area contributed by atoms with Gasteiger partial charge in [0.1, 0.15) is 5.69 Å². The molecular formula is C14H11FN4. The van der Waals surface area contributed by atoms with Gasteiger partial charge in [-0.05, 0) is 30.3 Å². The van der Waals surface area contributed by atoms with Gasteiger partial charge >= 0.3 is 0 Å². The van der Waals surface area contributed by atoms with Gasteiger partial charge in [-0.2, -0.15) is 5.10 Å². The number of pyridine rings is 1. The molecule has 0 radical (unpaired) electrons. The van der Waals surface area contributed by atoms with E-state index in [4.69, 9.17) is 5.73 Å². The predicted octanol–water partition coefficient (Wildman–Crippen LogP) is 2.66. The number of nitrogens with zero attached hydrogens (tertiary/aromatic N) is 3. The van der Waals surface area contributed by atoms with E-state index < -0.39 is 5.82 Å². The van der Waals surface area contributed by atoms with E-state index in [0.717, 1.165) is 11.3 Å². The van der Waals surface area contributed by atoms with Crippen molar-refractivity contribution in [1.82, 2.24) is 14.8 Å². The molecule has 0 bridgehead atoms. The molecule has 0 spiro atoms. The van der Waals surface area contributed by atoms with Gasteiger partial charge in [-0.1, -0.05) is 6.07 Å². The molecule has 0 atom stereocenters. The third-order valence-corrected chi connectivity index (χ3v) is 2.76. The number of nitrogen functional groups attached to an aromatic ring is 1. The molecule has 0 saturated carbocycles. The van der Waals surface area contributed by atoms with E-state index in [1.807, 2.05) is 18.2 Å². The molecule has 1 aromatic carbocycles. The van der Waals surface area contributed by atoms with Crippen LogP contribution >= 0.6 is 0 Å². The summed E-state index contributed by atoms with van der Waals surface area (Å²) >= 11 is 0. The molecule has 0 unspecified atom stereocenters. The number of aromatic nitrogens is 3. The molecule has 94 valence electrons. The number of benzene rings is 1. The summed E-state index contributed by atoms with van der Waals surface area (Å²) in [7, 11) is 0. The Balaban J connectivity index is 2.02. The Kier molecular flexibility index (Phi) is 2.72. The minimum Gasteiger partial charge on any atom is -0.399 e. The lowest BCUT2D eigenvalue weighted by Gasteiger charge is -2.03. The van der Waals surface area contributed by atoms with Crippen LogP contribution in [0.25, 0.3) is 16.9 Å². The molecule has 0 saturated heterocycles. The zero-order valence-electron chi connectivity index (χ0n) is 9.99. The van der Waals surface area contributed by atoms with Crippen LogP contribution in [0.2, 0.25) is 0 Å². The number of nitrogens with two attached hydrogens (primary N) is 1. The largest absolute Gasteiger partial charge is 0.399 e. The Bertz CT molecular complexity index is 706. The van der Waals surface area contributed by atoms with E-state index in [9.17, 15) is 4.39 Å². The third-order valence-electron chi connectivity index (χ3n) is 2.76. The van der Waals surface area contributed by atoms with E-state index in [1.54, 1.807) is 30.7 Å². The van der Waals surface area contributed by atoms with Crippen LogP contribution in [0.5, 0.6) is 0 Å². The minimum absolute atomic E-state index is 0.358. The van der Waals surface area contributed by atoms with Gasteiger partial charge in [-0.3, -0.25) is 4.98 Å². The molecule has 19 heavy (non-hydrogen) atoms. The van der Waals surface area contributed by atoms with Crippen molar-refractivity contribution in [3.8, 4) is 16.9 Å². The second kappa shape index (κ2) is 4.53. The molecule has 2 N–H and O–H groups in total. The lowest BCUT2D eigenvalue weighted by Crippen LogP contribution is -1.99. The lowest BCUT2D eigenvalue weighted by molar-refractivity contribution is 0.611. The highest BCUT2D eigenvalue weighted by Crippen LogP contribution is 2.20. The van der Waals surface area contributed by atoms with E-state index >= 15 is 0 Å². The van der Waals surface area contributed by atoms with Gasteiger partial charge in [0, 0.05) is 23.6 Å². The van der Waals surface area contributed by atoms with E-state index in [-0.39, 0.29) is 0 Å². The van der Waals surface area contributed by atoms with Gasteiger partial charge in [0.25, 0.3) is 0 Å². The summed E-state index contributed by atoms with van der Waals surface area (Å²) < 4.78 is 15.3. The monoisotopic (exact) mass is 254 g/mol. The molecule has 0 aliphatic carbocycles. The van der Waals surface area contributed by atoms with Crippen LogP contribution in [-0.2, 0) is 0 Å². The molecule has 5 heteroatoms. The summed E-state index contributed by atoms with van der Waals surface area (Å²) in [6.45, 7) is 0. The van der Waals surface area contributed by atoms with Crippen LogP contribution in [0, 0.1) is 5.82 Å². The molecule has 3 rings (SSSR count). The topological polar surface area (TPSA) is 56.7 Å². The first-order chi connectivity index (χ1) is 9.24. The SMILES string of the molecule is Nc1ccc(-n2cc(-c3ccccn3)cn2)c(F)c1. The van der Waals surface area contributed by atoms with Crippen molar-refractivity contribution in [2.45, 2.75) is 0 Å². The van der Waals surface area contributed by atoms with Crippen molar-refractivity contribution in [2.24, 2.45) is 0 Å². The number of anilines is 1. The second-order valence-corrected chi connectivity index (χ2v) is 4.10. The van der Waals surface area contributed by atoms with Gasteiger partial charge in [-0.15, -0.1) is 0 Å². The van der Waals surface area contributed by atoms with Crippen LogP contribution in [-0.4, -0.2) is 14.8 Å². The van der Waals surface area contributed by atoms with Crippen LogP contribution in [0.1, 0.15) is 0 Å². The van der Waals surface area contributed by atoms with Gasteiger partial charge in [0.15, 0.2) is 5.82 Å². The molecule has 2 heterocycles. The first-order valence-corrected chi connectivity index (χ1v) is 5.75. The van der Waals surface area contributed by atoms with Crippen LogP contribution in [0.15, 0.2) is 55.0 Å². The molecule has 0 fully saturated rings. The smallest absolute Gasteiger partial charge is 0.150 e. The number of hydrogen-bond donors (Lipinski definition) is 1. The first-order valence-electron chi connectivity index (χ1n) is 5.75. The highest BCUT2D eigenvalue weighted by atomic mass is 19.1. The summed E-state index contributed by atoms with van der Waals surface area (Å²) in [5, 5.41) is 4.15. The minimum atomic E-state index is -0.407. The molecule has 3 aromatic rings. The van der Waals surface area contributed by atoms with Crippen molar-refractivity contribution in [3.05, 3.63) is 60.8 Å². The van der Waals surface area contributed by atoms with Gasteiger partial charge < -0.3 is 5.73 Å². The van der Waals surface area contributed by atoms with Crippen molar-refractivity contribution in [2.75, 3.05) is 5.73 Å². The fourth-order valence-corrected chi connectivity index (χ4v) is 1.83. The molecular weight excluding hydrogens is 243 g/mol. The Labute approximate surface area is 109 Å². The van der Waals surface area contributed by atoms with Crippen molar-refractivity contribution in [1.29, 1.82) is 0 Å².